The number of hydrogen-bond donors (Lipinski definition) is 2. The van der Waals surface area contributed by atoms with E-state index in [4.69, 9.17) is 4.74 Å². The molecule has 0 aliphatic carbocycles. The van der Waals surface area contributed by atoms with Gasteiger partial charge in [-0.05, 0) is 26.7 Å². The lowest BCUT2D eigenvalue weighted by molar-refractivity contribution is -0.137. The van der Waals surface area contributed by atoms with E-state index in [9.17, 15) is 9.59 Å². The van der Waals surface area contributed by atoms with Gasteiger partial charge in [0.15, 0.2) is 0 Å². The molecule has 2 N–H and O–H groups in total. The molecule has 1 aliphatic rings. The van der Waals surface area contributed by atoms with Crippen molar-refractivity contribution >= 4 is 12.0 Å². The van der Waals surface area contributed by atoms with E-state index in [1.807, 2.05) is 6.92 Å². The Balaban J connectivity index is 2.18. The zero-order valence-corrected chi connectivity index (χ0v) is 14.0. The van der Waals surface area contributed by atoms with E-state index in [0.29, 0.717) is 6.54 Å². The van der Waals surface area contributed by atoms with Gasteiger partial charge in [0.05, 0.1) is 19.3 Å². The lowest BCUT2D eigenvalue weighted by atomic mass is 10.1. The van der Waals surface area contributed by atoms with Crippen LogP contribution >= 0.6 is 0 Å². The van der Waals surface area contributed by atoms with Crippen molar-refractivity contribution in [1.29, 1.82) is 0 Å². The van der Waals surface area contributed by atoms with Gasteiger partial charge >= 0.3 is 6.09 Å². The molecule has 23 heavy (non-hydrogen) atoms. The smallest absolute Gasteiger partial charge is 0.407 e. The van der Waals surface area contributed by atoms with Crippen molar-refractivity contribution in [2.24, 2.45) is 0 Å². The van der Waals surface area contributed by atoms with E-state index in [0.717, 1.165) is 24.4 Å². The van der Waals surface area contributed by atoms with Crippen molar-refractivity contribution in [3.8, 4) is 0 Å². The van der Waals surface area contributed by atoms with Gasteiger partial charge in [-0.1, -0.05) is 0 Å². The molecule has 0 radical (unpaired) electrons. The molecular weight excluding hydrogens is 300 g/mol. The van der Waals surface area contributed by atoms with Crippen LogP contribution in [0.1, 0.15) is 37.3 Å². The van der Waals surface area contributed by atoms with Crippen molar-refractivity contribution in [1.82, 2.24) is 20.2 Å². The zero-order chi connectivity index (χ0) is 17.0. The first kappa shape index (κ1) is 17.3. The van der Waals surface area contributed by atoms with Gasteiger partial charge in [0.1, 0.15) is 11.9 Å². The van der Waals surface area contributed by atoms with Crippen molar-refractivity contribution in [2.45, 2.75) is 44.9 Å². The van der Waals surface area contributed by atoms with Crippen molar-refractivity contribution in [3.05, 3.63) is 17.7 Å². The summed E-state index contributed by atoms with van der Waals surface area (Å²) in [6.45, 7) is 4.28. The number of alkyl carbamates (subject to hydrolysis) is 1. The van der Waals surface area contributed by atoms with Gasteiger partial charge in [0, 0.05) is 25.5 Å². The molecule has 3 atom stereocenters. The summed E-state index contributed by atoms with van der Waals surface area (Å²) in [5.41, 5.74) is 0.953. The number of rotatable bonds is 5. The van der Waals surface area contributed by atoms with Crippen LogP contribution in [0, 0.1) is 6.92 Å². The normalized spacial score (nSPS) is 20.2. The van der Waals surface area contributed by atoms with E-state index in [1.54, 1.807) is 18.0 Å². The third-order valence-corrected chi connectivity index (χ3v) is 4.14. The standard InChI is InChI=1S/C15H24N4O4/c1-9-8-16-13(17-9)11-6-5-7-19(11)14(20)12(10(2)22-3)18-15(21)23-4/h8,10-12H,5-7H2,1-4H3,(H,16,17)(H,18,21)/t10-,11-,12-/m0/s1. The molecule has 8 heteroatoms. The third-order valence-electron chi connectivity index (χ3n) is 4.14. The molecule has 128 valence electrons. The molecule has 1 aliphatic heterocycles. The summed E-state index contributed by atoms with van der Waals surface area (Å²) in [6.07, 6.45) is 2.35. The van der Waals surface area contributed by atoms with Gasteiger partial charge in [-0.2, -0.15) is 0 Å². The van der Waals surface area contributed by atoms with Crippen LogP contribution in [-0.2, 0) is 14.3 Å². The number of H-pyrrole nitrogens is 1. The molecule has 2 amide bonds. The maximum Gasteiger partial charge on any atom is 0.407 e. The van der Waals surface area contributed by atoms with Crippen LogP contribution in [0.25, 0.3) is 0 Å². The number of methoxy groups -OCH3 is 2. The Morgan fingerprint density at radius 3 is 2.78 bits per heavy atom. The predicted octanol–water partition coefficient (Wildman–Crippen LogP) is 1.14. The molecule has 0 aromatic carbocycles. The lowest BCUT2D eigenvalue weighted by Gasteiger charge is -2.30. The van der Waals surface area contributed by atoms with E-state index < -0.39 is 18.2 Å². The highest BCUT2D eigenvalue weighted by molar-refractivity contribution is 5.86. The number of ether oxygens (including phenoxy) is 2. The van der Waals surface area contributed by atoms with Crippen LogP contribution in [0.5, 0.6) is 0 Å². The topological polar surface area (TPSA) is 96.5 Å². The average Bonchev–Trinajstić information content (AvgIpc) is 3.19. The maximum absolute atomic E-state index is 12.9. The minimum atomic E-state index is -0.802. The fourth-order valence-electron chi connectivity index (χ4n) is 2.80. The third kappa shape index (κ3) is 3.82. The minimum Gasteiger partial charge on any atom is -0.453 e. The molecule has 1 fully saturated rings. The molecule has 0 unspecified atom stereocenters. The first-order chi connectivity index (χ1) is 11.0. The second-order valence-electron chi connectivity index (χ2n) is 5.70. The zero-order valence-electron chi connectivity index (χ0n) is 14.0. The summed E-state index contributed by atoms with van der Waals surface area (Å²) in [5, 5.41) is 2.56. The first-order valence-electron chi connectivity index (χ1n) is 7.67. The van der Waals surface area contributed by atoms with Gasteiger partial charge in [-0.15, -0.1) is 0 Å². The van der Waals surface area contributed by atoms with Gasteiger partial charge in [-0.3, -0.25) is 4.79 Å². The summed E-state index contributed by atoms with van der Waals surface area (Å²) >= 11 is 0. The number of carbonyl (C=O) groups excluding carboxylic acids is 2. The molecule has 0 spiro atoms. The average molecular weight is 324 g/mol. The molecule has 2 heterocycles. The van der Waals surface area contributed by atoms with Gasteiger partial charge in [0.2, 0.25) is 5.91 Å². The van der Waals surface area contributed by atoms with Crippen LogP contribution in [0.4, 0.5) is 4.79 Å². The lowest BCUT2D eigenvalue weighted by Crippen LogP contribution is -2.54. The second-order valence-corrected chi connectivity index (χ2v) is 5.70. The van der Waals surface area contributed by atoms with E-state index >= 15 is 0 Å². The van der Waals surface area contributed by atoms with Crippen molar-refractivity contribution in [3.63, 3.8) is 0 Å². The molecule has 1 aromatic heterocycles. The largest absolute Gasteiger partial charge is 0.453 e. The Labute approximate surface area is 135 Å². The Morgan fingerprint density at radius 2 is 2.22 bits per heavy atom. The first-order valence-corrected chi connectivity index (χ1v) is 7.67. The molecule has 0 saturated carbocycles. The van der Waals surface area contributed by atoms with Gasteiger partial charge < -0.3 is 24.7 Å². The SMILES string of the molecule is COC(=O)N[C@H](C(=O)N1CCC[C@H]1c1ncc(C)[nH]1)[C@H](C)OC. The van der Waals surface area contributed by atoms with Gasteiger partial charge in [0.25, 0.3) is 0 Å². The number of aromatic nitrogens is 2. The number of likely N-dealkylation sites (tertiary alicyclic amines) is 1. The molecule has 1 aromatic rings. The number of aromatic amines is 1. The van der Waals surface area contributed by atoms with Crippen molar-refractivity contribution in [2.75, 3.05) is 20.8 Å². The van der Waals surface area contributed by atoms with Gasteiger partial charge in [-0.25, -0.2) is 9.78 Å². The quantitative estimate of drug-likeness (QED) is 0.846. The number of amides is 2. The summed E-state index contributed by atoms with van der Waals surface area (Å²) in [6, 6.07) is -0.911. The molecule has 8 nitrogen and oxygen atoms in total. The maximum atomic E-state index is 12.9. The van der Waals surface area contributed by atoms with E-state index in [2.05, 4.69) is 20.0 Å². The summed E-state index contributed by atoms with van der Waals surface area (Å²) in [7, 11) is 2.76. The Morgan fingerprint density at radius 1 is 1.48 bits per heavy atom. The van der Waals surface area contributed by atoms with E-state index in [-0.39, 0.29) is 11.9 Å². The number of hydrogen-bond acceptors (Lipinski definition) is 5. The molecule has 2 rings (SSSR count). The number of carbonyl (C=O) groups is 2. The number of nitrogens with zero attached hydrogens (tertiary/aromatic N) is 2. The second kappa shape index (κ2) is 7.45. The summed E-state index contributed by atoms with van der Waals surface area (Å²) < 4.78 is 9.85. The number of imidazole rings is 1. The molecule has 0 bridgehead atoms. The number of nitrogens with one attached hydrogen (secondary N) is 2. The Bertz CT molecular complexity index is 559. The fraction of sp³-hybridized carbons (Fsp3) is 0.667. The fourth-order valence-corrected chi connectivity index (χ4v) is 2.80. The molecular formula is C15H24N4O4. The highest BCUT2D eigenvalue weighted by Gasteiger charge is 2.38. The van der Waals surface area contributed by atoms with Crippen molar-refractivity contribution < 1.29 is 19.1 Å². The Hall–Kier alpha value is -2.09. The monoisotopic (exact) mass is 324 g/mol. The number of aryl methyl sites for hydroxylation is 1. The Kier molecular flexibility index (Phi) is 5.59. The van der Waals surface area contributed by atoms with Crippen LogP contribution in [0.3, 0.4) is 0 Å². The van der Waals surface area contributed by atoms with Crippen LogP contribution in [0.15, 0.2) is 6.20 Å². The highest BCUT2D eigenvalue weighted by Crippen LogP contribution is 2.31. The van der Waals surface area contributed by atoms with Crippen LogP contribution in [-0.4, -0.2) is 59.8 Å². The summed E-state index contributed by atoms with van der Waals surface area (Å²) in [4.78, 5) is 33.7. The van der Waals surface area contributed by atoms with Crippen LogP contribution < -0.4 is 5.32 Å². The summed E-state index contributed by atoms with van der Waals surface area (Å²) in [5.74, 6) is 0.580. The minimum absolute atomic E-state index is 0.109. The van der Waals surface area contributed by atoms with Crippen LogP contribution in [0.2, 0.25) is 0 Å². The van der Waals surface area contributed by atoms with E-state index in [1.165, 1.54) is 14.2 Å². The predicted molar refractivity (Wildman–Crippen MR) is 82.8 cm³/mol. The molecule has 1 saturated heterocycles. The highest BCUT2D eigenvalue weighted by atomic mass is 16.5.